The van der Waals surface area contributed by atoms with Gasteiger partial charge in [0.25, 0.3) is 0 Å². The van der Waals surface area contributed by atoms with Gasteiger partial charge in [0.05, 0.1) is 0 Å². The maximum atomic E-state index is 12.4. The van der Waals surface area contributed by atoms with E-state index in [2.05, 4.69) is 0 Å². The smallest absolute Gasteiger partial charge is 0.136 e. The molecule has 0 N–H and O–H groups in total. The molecule has 0 aromatic carbocycles. The molecule has 0 amide bonds. The average molecular weight is 242 g/mol. The first-order valence-electron chi connectivity index (χ1n) is 7.83. The lowest BCUT2D eigenvalue weighted by molar-refractivity contribution is -0.122. The summed E-state index contributed by atoms with van der Waals surface area (Å²) in [6, 6.07) is 0. The number of Topliss-reactive ketones (excluding diaryl/α,β-unsaturated/α-hetero) is 2. The summed E-state index contributed by atoms with van der Waals surface area (Å²) in [5, 5.41) is 0. The second-order valence-corrected chi connectivity index (χ2v) is 7.93. The standard InChI is InChI=1S/C16H18O2/c17-9-3-7-8-4-10(18)13-6-2-1-5-11(6)16(15(8)13)14(7)12(5)9/h5-8,11-16H,1-4H2/t5-,6+,7+,8-,11?,12-,13-,14+,15-,16?/m0/s1. The lowest BCUT2D eigenvalue weighted by atomic mass is 9.84. The molecule has 0 spiro atoms. The third-order valence-electron chi connectivity index (χ3n) is 8.06. The van der Waals surface area contributed by atoms with Crippen molar-refractivity contribution in [2.24, 2.45) is 59.2 Å². The third-order valence-corrected chi connectivity index (χ3v) is 8.06. The summed E-state index contributed by atoms with van der Waals surface area (Å²) in [6.45, 7) is 0. The zero-order chi connectivity index (χ0) is 11.8. The molecular formula is C16H18O2. The molecule has 10 atom stereocenters. The van der Waals surface area contributed by atoms with Crippen molar-refractivity contribution in [2.45, 2.75) is 25.7 Å². The van der Waals surface area contributed by atoms with Crippen LogP contribution in [0.1, 0.15) is 25.7 Å². The molecule has 6 fully saturated rings. The molecule has 0 aliphatic heterocycles. The van der Waals surface area contributed by atoms with Gasteiger partial charge in [-0.15, -0.1) is 0 Å². The van der Waals surface area contributed by atoms with Crippen molar-refractivity contribution < 1.29 is 9.59 Å². The number of hydrogen-bond donors (Lipinski definition) is 0. The van der Waals surface area contributed by atoms with Crippen LogP contribution in [-0.4, -0.2) is 11.6 Å². The van der Waals surface area contributed by atoms with Crippen molar-refractivity contribution in [3.8, 4) is 0 Å². The van der Waals surface area contributed by atoms with Gasteiger partial charge in [-0.05, 0) is 60.2 Å². The molecule has 0 heterocycles. The Balaban J connectivity index is 1.63. The van der Waals surface area contributed by atoms with Crippen LogP contribution in [0.25, 0.3) is 0 Å². The first kappa shape index (κ1) is 9.28. The van der Waals surface area contributed by atoms with Gasteiger partial charge in [0.2, 0.25) is 0 Å². The largest absolute Gasteiger partial charge is 0.299 e. The van der Waals surface area contributed by atoms with E-state index in [9.17, 15) is 9.59 Å². The summed E-state index contributed by atoms with van der Waals surface area (Å²) < 4.78 is 0. The summed E-state index contributed by atoms with van der Waals surface area (Å²) in [6.07, 6.45) is 4.18. The zero-order valence-corrected chi connectivity index (χ0v) is 10.4. The molecular weight excluding hydrogens is 224 g/mol. The van der Waals surface area contributed by atoms with Crippen molar-refractivity contribution in [3.63, 3.8) is 0 Å². The molecule has 0 radical (unpaired) electrons. The third kappa shape index (κ3) is 0.675. The lowest BCUT2D eigenvalue weighted by Gasteiger charge is -2.18. The van der Waals surface area contributed by atoms with Crippen LogP contribution >= 0.6 is 0 Å². The molecule has 2 nitrogen and oxygen atoms in total. The molecule has 6 aliphatic rings. The molecule has 6 aliphatic carbocycles. The Morgan fingerprint density at radius 1 is 0.611 bits per heavy atom. The van der Waals surface area contributed by atoms with E-state index >= 15 is 0 Å². The van der Waals surface area contributed by atoms with Gasteiger partial charge < -0.3 is 0 Å². The molecule has 6 saturated carbocycles. The minimum absolute atomic E-state index is 0.441. The first-order chi connectivity index (χ1) is 8.77. The Bertz CT molecular complexity index is 465. The normalized spacial score (nSPS) is 69.6. The Morgan fingerprint density at radius 3 is 1.61 bits per heavy atom. The Morgan fingerprint density at radius 2 is 1.11 bits per heavy atom. The Kier molecular flexibility index (Phi) is 1.28. The fourth-order valence-corrected chi connectivity index (χ4v) is 8.21. The van der Waals surface area contributed by atoms with Gasteiger partial charge in [-0.25, -0.2) is 0 Å². The van der Waals surface area contributed by atoms with Crippen LogP contribution in [0, 0.1) is 59.2 Å². The highest BCUT2D eigenvalue weighted by molar-refractivity contribution is 5.89. The lowest BCUT2D eigenvalue weighted by Crippen LogP contribution is -2.22. The molecule has 18 heavy (non-hydrogen) atoms. The monoisotopic (exact) mass is 242 g/mol. The summed E-state index contributed by atoms with van der Waals surface area (Å²) >= 11 is 0. The van der Waals surface area contributed by atoms with Crippen LogP contribution in [0.5, 0.6) is 0 Å². The van der Waals surface area contributed by atoms with Gasteiger partial charge in [-0.3, -0.25) is 9.59 Å². The predicted molar refractivity (Wildman–Crippen MR) is 63.4 cm³/mol. The van der Waals surface area contributed by atoms with E-state index in [1.165, 1.54) is 12.8 Å². The second-order valence-electron chi connectivity index (χ2n) is 7.93. The number of fused-ring (bicyclic) bond motifs is 3. The summed E-state index contributed by atoms with van der Waals surface area (Å²) in [7, 11) is 0. The molecule has 2 heteroatoms. The number of rotatable bonds is 0. The average Bonchev–Trinajstić information content (AvgIpc) is 3.01. The van der Waals surface area contributed by atoms with Gasteiger partial charge in [-0.1, -0.05) is 0 Å². The second kappa shape index (κ2) is 2.48. The van der Waals surface area contributed by atoms with E-state index in [0.29, 0.717) is 47.1 Å². The molecule has 6 rings (SSSR count). The summed E-state index contributed by atoms with van der Waals surface area (Å²) in [4.78, 5) is 24.8. The van der Waals surface area contributed by atoms with Crippen molar-refractivity contribution in [1.29, 1.82) is 0 Å². The highest BCUT2D eigenvalue weighted by Gasteiger charge is 2.77. The van der Waals surface area contributed by atoms with Crippen LogP contribution in [0.4, 0.5) is 0 Å². The van der Waals surface area contributed by atoms with Crippen molar-refractivity contribution in [1.82, 2.24) is 0 Å². The van der Waals surface area contributed by atoms with Crippen LogP contribution in [-0.2, 0) is 9.59 Å². The minimum Gasteiger partial charge on any atom is -0.299 e. The maximum absolute atomic E-state index is 12.4. The van der Waals surface area contributed by atoms with E-state index in [0.717, 1.165) is 36.5 Å². The number of carbonyl (C=O) groups is 2. The zero-order valence-electron chi connectivity index (χ0n) is 10.4. The van der Waals surface area contributed by atoms with E-state index in [-0.39, 0.29) is 0 Å². The van der Waals surface area contributed by atoms with Gasteiger partial charge in [0.15, 0.2) is 0 Å². The Labute approximate surface area is 107 Å². The van der Waals surface area contributed by atoms with Crippen LogP contribution in [0.3, 0.4) is 0 Å². The van der Waals surface area contributed by atoms with Crippen molar-refractivity contribution in [3.05, 3.63) is 0 Å². The quantitative estimate of drug-likeness (QED) is 0.650. The van der Waals surface area contributed by atoms with Crippen LogP contribution < -0.4 is 0 Å². The highest BCUT2D eigenvalue weighted by atomic mass is 16.1. The molecule has 0 bridgehead atoms. The topological polar surface area (TPSA) is 34.1 Å². The number of carbonyl (C=O) groups excluding carboxylic acids is 2. The van der Waals surface area contributed by atoms with Gasteiger partial charge in [0.1, 0.15) is 11.6 Å². The minimum atomic E-state index is 0.441. The van der Waals surface area contributed by atoms with Gasteiger partial charge in [0, 0.05) is 24.7 Å². The maximum Gasteiger partial charge on any atom is 0.136 e. The van der Waals surface area contributed by atoms with E-state index < -0.39 is 0 Å². The molecule has 0 aromatic rings. The molecule has 0 aromatic heterocycles. The van der Waals surface area contributed by atoms with Gasteiger partial charge in [-0.2, -0.15) is 0 Å². The van der Waals surface area contributed by atoms with Crippen molar-refractivity contribution >= 4 is 11.6 Å². The van der Waals surface area contributed by atoms with Crippen molar-refractivity contribution in [2.75, 3.05) is 0 Å². The van der Waals surface area contributed by atoms with E-state index in [1.54, 1.807) is 0 Å². The first-order valence-corrected chi connectivity index (χ1v) is 7.83. The SMILES string of the molecule is O=C1C[C@H]2[C@H]3CC(=O)[C@H]4[C@@H]3C3C5[C@@H](CC[C@@H]54)[C@@H]1[C@@H]32. The molecule has 94 valence electrons. The van der Waals surface area contributed by atoms with Crippen LogP contribution in [0.15, 0.2) is 0 Å². The highest BCUT2D eigenvalue weighted by Crippen LogP contribution is 2.78. The van der Waals surface area contributed by atoms with Crippen LogP contribution in [0.2, 0.25) is 0 Å². The molecule has 2 unspecified atom stereocenters. The van der Waals surface area contributed by atoms with E-state index in [1.807, 2.05) is 0 Å². The fraction of sp³-hybridized carbons (Fsp3) is 0.875. The fourth-order valence-electron chi connectivity index (χ4n) is 8.21. The number of hydrogen-bond acceptors (Lipinski definition) is 2. The summed E-state index contributed by atoms with van der Waals surface area (Å²) in [5.41, 5.74) is 0. The van der Waals surface area contributed by atoms with Gasteiger partial charge >= 0.3 is 0 Å². The Hall–Kier alpha value is -0.660. The predicted octanol–water partition coefficient (Wildman–Crippen LogP) is 1.93. The van der Waals surface area contributed by atoms with E-state index in [4.69, 9.17) is 0 Å². The number of ketones is 2. The summed E-state index contributed by atoms with van der Waals surface area (Å²) in [5.74, 6) is 7.72. The molecule has 0 saturated heterocycles.